The maximum absolute atomic E-state index is 12.8. The van der Waals surface area contributed by atoms with E-state index in [1.54, 1.807) is 53.4 Å². The molecule has 2 amide bonds. The van der Waals surface area contributed by atoms with Gasteiger partial charge in [-0.15, -0.1) is 0 Å². The molecule has 0 saturated carbocycles. The molecule has 0 bridgehead atoms. The summed E-state index contributed by atoms with van der Waals surface area (Å²) in [4.78, 5) is 26.5. The Bertz CT molecular complexity index is 1390. The van der Waals surface area contributed by atoms with Gasteiger partial charge in [-0.05, 0) is 61.0 Å². The summed E-state index contributed by atoms with van der Waals surface area (Å²) in [7, 11) is -3.85. The molecule has 0 aromatic heterocycles. The topological polar surface area (TPSA) is 114 Å². The van der Waals surface area contributed by atoms with Crippen molar-refractivity contribution in [2.24, 2.45) is 0 Å². The van der Waals surface area contributed by atoms with Crippen molar-refractivity contribution in [3.63, 3.8) is 0 Å². The Kier molecular flexibility index (Phi) is 6.04. The lowest BCUT2D eigenvalue weighted by atomic mass is 10.1. The summed E-state index contributed by atoms with van der Waals surface area (Å²) in [5, 5.41) is 2.79. The van der Waals surface area contributed by atoms with E-state index in [1.807, 2.05) is 6.07 Å². The lowest BCUT2D eigenvalue weighted by Crippen LogP contribution is -2.24. The summed E-state index contributed by atoms with van der Waals surface area (Å²) in [6.45, 7) is 1.43. The van der Waals surface area contributed by atoms with Crippen molar-refractivity contribution in [1.29, 1.82) is 0 Å². The second-order valence-corrected chi connectivity index (χ2v) is 9.82. The second-order valence-electron chi connectivity index (χ2n) is 8.14. The Morgan fingerprint density at radius 1 is 0.886 bits per heavy atom. The van der Waals surface area contributed by atoms with E-state index < -0.39 is 10.0 Å². The lowest BCUT2D eigenvalue weighted by Gasteiger charge is -2.19. The highest BCUT2D eigenvalue weighted by Crippen LogP contribution is 2.33. The summed E-state index contributed by atoms with van der Waals surface area (Å²) in [5.74, 6) is 0.614. The summed E-state index contributed by atoms with van der Waals surface area (Å²) < 4.78 is 39.0. The van der Waals surface area contributed by atoms with Gasteiger partial charge in [-0.25, -0.2) is 8.42 Å². The monoisotopic (exact) mass is 493 g/mol. The second kappa shape index (κ2) is 9.30. The van der Waals surface area contributed by atoms with Crippen LogP contribution in [0.15, 0.2) is 71.6 Å². The van der Waals surface area contributed by atoms with Gasteiger partial charge in [-0.3, -0.25) is 14.3 Å². The summed E-state index contributed by atoms with van der Waals surface area (Å²) >= 11 is 0. The third kappa shape index (κ3) is 4.92. The van der Waals surface area contributed by atoms with Crippen molar-refractivity contribution >= 4 is 38.9 Å². The minimum Gasteiger partial charge on any atom is -0.486 e. The lowest BCUT2D eigenvalue weighted by molar-refractivity contribution is -0.117. The molecule has 0 unspecified atom stereocenters. The van der Waals surface area contributed by atoms with E-state index in [9.17, 15) is 18.0 Å². The number of ether oxygens (including phenoxy) is 2. The van der Waals surface area contributed by atoms with Gasteiger partial charge in [0.1, 0.15) is 13.2 Å². The van der Waals surface area contributed by atoms with Gasteiger partial charge in [0.05, 0.1) is 4.90 Å². The molecule has 0 atom stereocenters. The number of rotatable bonds is 6. The van der Waals surface area contributed by atoms with Crippen LogP contribution in [0.1, 0.15) is 23.2 Å². The molecule has 2 aliphatic heterocycles. The molecule has 10 heteroatoms. The van der Waals surface area contributed by atoms with E-state index in [-0.39, 0.29) is 16.7 Å². The summed E-state index contributed by atoms with van der Waals surface area (Å²) in [5.41, 5.74) is 1.96. The highest BCUT2D eigenvalue weighted by atomic mass is 32.2. The molecule has 0 radical (unpaired) electrons. The van der Waals surface area contributed by atoms with Crippen molar-refractivity contribution < 1.29 is 27.5 Å². The number of nitrogens with zero attached hydrogens (tertiary/aromatic N) is 1. The molecule has 3 aromatic carbocycles. The summed E-state index contributed by atoms with van der Waals surface area (Å²) in [6.07, 6.45) is 1.32. The minimum atomic E-state index is -3.85. The Labute approximate surface area is 202 Å². The molecule has 0 aliphatic carbocycles. The van der Waals surface area contributed by atoms with Crippen LogP contribution in [0.5, 0.6) is 11.5 Å². The van der Waals surface area contributed by atoms with Crippen molar-refractivity contribution in [3.05, 3.63) is 72.3 Å². The van der Waals surface area contributed by atoms with Crippen molar-refractivity contribution in [2.75, 3.05) is 34.7 Å². The Hall–Kier alpha value is -4.05. The van der Waals surface area contributed by atoms with Crippen molar-refractivity contribution in [3.8, 4) is 11.5 Å². The first kappa shape index (κ1) is 22.7. The predicted molar refractivity (Wildman–Crippen MR) is 131 cm³/mol. The Morgan fingerprint density at radius 3 is 2.37 bits per heavy atom. The van der Waals surface area contributed by atoms with Crippen LogP contribution in [0.4, 0.5) is 17.1 Å². The van der Waals surface area contributed by atoms with Gasteiger partial charge in [0, 0.05) is 41.7 Å². The van der Waals surface area contributed by atoms with E-state index in [4.69, 9.17) is 9.47 Å². The largest absolute Gasteiger partial charge is 0.486 e. The number of anilines is 3. The fourth-order valence-electron chi connectivity index (χ4n) is 3.97. The maximum atomic E-state index is 12.8. The number of nitrogens with one attached hydrogen (secondary N) is 2. The van der Waals surface area contributed by atoms with Crippen LogP contribution in [0, 0.1) is 0 Å². The Morgan fingerprint density at radius 2 is 1.63 bits per heavy atom. The highest BCUT2D eigenvalue weighted by Gasteiger charge is 2.22. The first-order chi connectivity index (χ1) is 16.9. The number of hydrogen-bond acceptors (Lipinski definition) is 6. The number of fused-ring (bicyclic) bond motifs is 1. The van der Waals surface area contributed by atoms with Crippen LogP contribution in [0.2, 0.25) is 0 Å². The quantitative estimate of drug-likeness (QED) is 0.542. The number of benzene rings is 3. The van der Waals surface area contributed by atoms with Crippen LogP contribution in [0.3, 0.4) is 0 Å². The SMILES string of the molecule is O=C(Nc1ccc(NS(=O)(=O)c2ccc3c(c2)OCCO3)cc1)c1cccc(N2CCCC2=O)c1. The van der Waals surface area contributed by atoms with Gasteiger partial charge < -0.3 is 19.7 Å². The van der Waals surface area contributed by atoms with E-state index in [0.717, 1.165) is 6.42 Å². The molecule has 180 valence electrons. The summed E-state index contributed by atoms with van der Waals surface area (Å²) in [6, 6.07) is 17.7. The molecule has 5 rings (SSSR count). The van der Waals surface area contributed by atoms with Gasteiger partial charge >= 0.3 is 0 Å². The van der Waals surface area contributed by atoms with Crippen LogP contribution in [-0.4, -0.2) is 40.0 Å². The van der Waals surface area contributed by atoms with Gasteiger partial charge in [-0.2, -0.15) is 0 Å². The van der Waals surface area contributed by atoms with Gasteiger partial charge in [0.2, 0.25) is 5.91 Å². The predicted octanol–water partition coefficient (Wildman–Crippen LogP) is 3.64. The molecule has 2 aliphatic rings. The van der Waals surface area contributed by atoms with Crippen molar-refractivity contribution in [1.82, 2.24) is 0 Å². The number of sulfonamides is 1. The molecule has 35 heavy (non-hydrogen) atoms. The smallest absolute Gasteiger partial charge is 0.262 e. The van der Waals surface area contributed by atoms with Crippen LogP contribution in [0.25, 0.3) is 0 Å². The van der Waals surface area contributed by atoms with Crippen LogP contribution in [-0.2, 0) is 14.8 Å². The van der Waals surface area contributed by atoms with Gasteiger partial charge in [-0.1, -0.05) is 6.07 Å². The average Bonchev–Trinajstić information content (AvgIpc) is 3.30. The number of carbonyl (C=O) groups is 2. The van der Waals surface area contributed by atoms with Gasteiger partial charge in [0.15, 0.2) is 11.5 Å². The first-order valence-corrected chi connectivity index (χ1v) is 12.6. The number of amides is 2. The fraction of sp³-hybridized carbons (Fsp3) is 0.200. The van der Waals surface area contributed by atoms with Crippen molar-refractivity contribution in [2.45, 2.75) is 17.7 Å². The molecule has 9 nitrogen and oxygen atoms in total. The van der Waals surface area contributed by atoms with E-state index in [1.165, 1.54) is 12.1 Å². The Balaban J connectivity index is 1.25. The zero-order chi connectivity index (χ0) is 24.4. The van der Waals surface area contributed by atoms with E-state index in [0.29, 0.717) is 60.3 Å². The third-order valence-electron chi connectivity index (χ3n) is 5.71. The molecule has 1 fully saturated rings. The molecule has 2 N–H and O–H groups in total. The minimum absolute atomic E-state index is 0.0514. The van der Waals surface area contributed by atoms with Crippen LogP contribution >= 0.6 is 0 Å². The molecular formula is C25H23N3O6S. The number of carbonyl (C=O) groups excluding carboxylic acids is 2. The standard InChI is InChI=1S/C25H23N3O6S/c29-24-5-2-12-28(24)20-4-1-3-17(15-20)25(30)26-18-6-8-19(9-7-18)27-35(31,32)21-10-11-22-23(16-21)34-14-13-33-22/h1,3-4,6-11,15-16,27H,2,5,12-14H2,(H,26,30). The molecule has 1 saturated heterocycles. The van der Waals surface area contributed by atoms with E-state index >= 15 is 0 Å². The highest BCUT2D eigenvalue weighted by molar-refractivity contribution is 7.92. The normalized spacial score (nSPS) is 15.1. The molecule has 2 heterocycles. The van der Waals surface area contributed by atoms with Gasteiger partial charge in [0.25, 0.3) is 15.9 Å². The number of hydrogen-bond donors (Lipinski definition) is 2. The van der Waals surface area contributed by atoms with E-state index in [2.05, 4.69) is 10.0 Å². The zero-order valence-electron chi connectivity index (χ0n) is 18.7. The maximum Gasteiger partial charge on any atom is 0.262 e. The zero-order valence-corrected chi connectivity index (χ0v) is 19.5. The molecule has 3 aromatic rings. The fourth-order valence-corrected chi connectivity index (χ4v) is 5.04. The molecular weight excluding hydrogens is 470 g/mol. The van der Waals surface area contributed by atoms with Crippen LogP contribution < -0.4 is 24.4 Å². The third-order valence-corrected chi connectivity index (χ3v) is 7.09. The first-order valence-electron chi connectivity index (χ1n) is 11.1. The molecule has 0 spiro atoms. The average molecular weight is 494 g/mol.